The normalized spacial score (nSPS) is 11.5. The number of likely N-dealkylation sites (N-methyl/N-ethyl adjacent to an activating group) is 1. The number of hydrogen-bond acceptors (Lipinski definition) is 2. The molecule has 0 unspecified atom stereocenters. The Balaban J connectivity index is 1.84. The molecule has 0 aliphatic rings. The fourth-order valence-corrected chi connectivity index (χ4v) is 3.26. The summed E-state index contributed by atoms with van der Waals surface area (Å²) < 4.78 is 5.30. The van der Waals surface area contributed by atoms with E-state index in [2.05, 4.69) is 46.6 Å². The van der Waals surface area contributed by atoms with E-state index in [0.29, 0.717) is 5.11 Å². The van der Waals surface area contributed by atoms with Crippen molar-refractivity contribution in [2.75, 3.05) is 19.5 Å². The molecule has 1 N–H and O–H groups in total. The zero-order valence-corrected chi connectivity index (χ0v) is 16.4. The highest BCUT2D eigenvalue weighted by Gasteiger charge is 2.20. The zero-order valence-electron chi connectivity index (χ0n) is 15.6. The van der Waals surface area contributed by atoms with Gasteiger partial charge in [0.05, 0.1) is 13.2 Å². The van der Waals surface area contributed by atoms with Gasteiger partial charge in [0.25, 0.3) is 0 Å². The molecule has 0 saturated heterocycles. The maximum absolute atomic E-state index is 5.69. The van der Waals surface area contributed by atoms with E-state index in [1.54, 1.807) is 7.11 Å². The van der Waals surface area contributed by atoms with Gasteiger partial charge in [-0.25, -0.2) is 0 Å². The summed E-state index contributed by atoms with van der Waals surface area (Å²) in [6.45, 7) is 0. The molecule has 0 heterocycles. The largest absolute Gasteiger partial charge is 0.497 e. The molecular formula is C23H24N2OS. The maximum Gasteiger partial charge on any atom is 0.173 e. The molecule has 0 amide bonds. The van der Waals surface area contributed by atoms with Gasteiger partial charge in [0.15, 0.2) is 5.11 Å². The Morgan fingerprint density at radius 1 is 0.926 bits per heavy atom. The van der Waals surface area contributed by atoms with E-state index < -0.39 is 0 Å². The summed E-state index contributed by atoms with van der Waals surface area (Å²) in [7, 11) is 3.72. The van der Waals surface area contributed by atoms with Crippen LogP contribution in [-0.4, -0.2) is 24.2 Å². The van der Waals surface area contributed by atoms with Gasteiger partial charge in [-0.2, -0.15) is 0 Å². The standard InChI is InChI=1S/C23H24N2OS/c1-25(23(27)24-20-11-7-4-8-12-20)22(17-18-9-5-3-6-10-18)19-13-15-21(26-2)16-14-19/h3-16,22H,17H2,1-2H3,(H,24,27)/t22-/m0/s1. The van der Waals surface area contributed by atoms with Crippen molar-refractivity contribution in [2.24, 2.45) is 0 Å². The molecule has 1 atom stereocenters. The highest BCUT2D eigenvalue weighted by molar-refractivity contribution is 7.80. The van der Waals surface area contributed by atoms with Crippen LogP contribution in [0.1, 0.15) is 17.2 Å². The SMILES string of the molecule is COc1ccc([C@H](Cc2ccccc2)N(C)C(=S)Nc2ccccc2)cc1. The summed E-state index contributed by atoms with van der Waals surface area (Å²) in [5.74, 6) is 0.852. The van der Waals surface area contributed by atoms with E-state index in [4.69, 9.17) is 17.0 Å². The lowest BCUT2D eigenvalue weighted by Crippen LogP contribution is -2.35. The summed E-state index contributed by atoms with van der Waals surface area (Å²) in [4.78, 5) is 2.12. The molecule has 138 valence electrons. The third kappa shape index (κ3) is 5.08. The number of benzene rings is 3. The minimum atomic E-state index is 0.113. The fourth-order valence-electron chi connectivity index (χ4n) is 3.02. The van der Waals surface area contributed by atoms with Crippen molar-refractivity contribution in [1.29, 1.82) is 0 Å². The van der Waals surface area contributed by atoms with Gasteiger partial charge in [0, 0.05) is 12.7 Å². The summed E-state index contributed by atoms with van der Waals surface area (Å²) in [6.07, 6.45) is 0.861. The maximum atomic E-state index is 5.69. The molecule has 0 aliphatic heterocycles. The lowest BCUT2D eigenvalue weighted by molar-refractivity contribution is 0.376. The van der Waals surface area contributed by atoms with Crippen molar-refractivity contribution in [3.05, 3.63) is 96.1 Å². The molecule has 3 rings (SSSR count). The second-order valence-electron chi connectivity index (χ2n) is 6.39. The van der Waals surface area contributed by atoms with Crippen molar-refractivity contribution in [1.82, 2.24) is 4.90 Å². The average molecular weight is 377 g/mol. The molecule has 0 aromatic heterocycles. The van der Waals surface area contributed by atoms with Crippen molar-refractivity contribution >= 4 is 23.0 Å². The minimum Gasteiger partial charge on any atom is -0.497 e. The highest BCUT2D eigenvalue weighted by atomic mass is 32.1. The zero-order chi connectivity index (χ0) is 19.1. The second kappa shape index (κ2) is 9.19. The predicted molar refractivity (Wildman–Crippen MR) is 116 cm³/mol. The van der Waals surface area contributed by atoms with Gasteiger partial charge in [0.1, 0.15) is 5.75 Å². The molecule has 0 bridgehead atoms. The van der Waals surface area contributed by atoms with Crippen molar-refractivity contribution in [3.63, 3.8) is 0 Å². The summed E-state index contributed by atoms with van der Waals surface area (Å²) in [6, 6.07) is 28.8. The number of anilines is 1. The quantitative estimate of drug-likeness (QED) is 0.590. The van der Waals surface area contributed by atoms with E-state index in [0.717, 1.165) is 17.9 Å². The summed E-state index contributed by atoms with van der Waals surface area (Å²) in [5, 5.41) is 4.03. The van der Waals surface area contributed by atoms with Crippen LogP contribution in [0.25, 0.3) is 0 Å². The third-order valence-electron chi connectivity index (χ3n) is 4.59. The predicted octanol–water partition coefficient (Wildman–Crippen LogP) is 5.31. The molecule has 0 fully saturated rings. The first kappa shape index (κ1) is 18.9. The van der Waals surface area contributed by atoms with Crippen LogP contribution in [0, 0.1) is 0 Å². The second-order valence-corrected chi connectivity index (χ2v) is 6.77. The first-order valence-corrected chi connectivity index (χ1v) is 9.35. The first-order chi connectivity index (χ1) is 13.2. The molecule has 3 aromatic rings. The molecule has 27 heavy (non-hydrogen) atoms. The van der Waals surface area contributed by atoms with E-state index >= 15 is 0 Å². The van der Waals surface area contributed by atoms with Gasteiger partial charge >= 0.3 is 0 Å². The number of para-hydroxylation sites is 1. The van der Waals surface area contributed by atoms with E-state index in [1.165, 1.54) is 11.1 Å². The van der Waals surface area contributed by atoms with Gasteiger partial charge in [-0.15, -0.1) is 0 Å². The Kier molecular flexibility index (Phi) is 6.44. The van der Waals surface area contributed by atoms with Crippen LogP contribution in [0.15, 0.2) is 84.9 Å². The summed E-state index contributed by atoms with van der Waals surface area (Å²) >= 11 is 5.69. The number of methoxy groups -OCH3 is 1. The molecule has 3 aromatic carbocycles. The van der Waals surface area contributed by atoms with E-state index in [9.17, 15) is 0 Å². The number of rotatable bonds is 6. The van der Waals surface area contributed by atoms with E-state index in [-0.39, 0.29) is 6.04 Å². The lowest BCUT2D eigenvalue weighted by Gasteiger charge is -2.31. The number of thiocarbonyl (C=S) groups is 1. The Bertz CT molecular complexity index is 851. The molecule has 0 spiro atoms. The Labute approximate surface area is 166 Å². The van der Waals surface area contributed by atoms with Crippen LogP contribution in [0.5, 0.6) is 5.75 Å². The topological polar surface area (TPSA) is 24.5 Å². The van der Waals surface area contributed by atoms with Crippen LogP contribution >= 0.6 is 12.2 Å². The summed E-state index contributed by atoms with van der Waals surface area (Å²) in [5.41, 5.74) is 3.45. The van der Waals surface area contributed by atoms with Crippen molar-refractivity contribution < 1.29 is 4.74 Å². The van der Waals surface area contributed by atoms with Crippen LogP contribution in [-0.2, 0) is 6.42 Å². The van der Waals surface area contributed by atoms with Crippen molar-refractivity contribution in [2.45, 2.75) is 12.5 Å². The lowest BCUT2D eigenvalue weighted by atomic mass is 9.98. The molecule has 0 aliphatic carbocycles. The molecular weight excluding hydrogens is 352 g/mol. The minimum absolute atomic E-state index is 0.113. The van der Waals surface area contributed by atoms with Gasteiger partial charge in [-0.05, 0) is 54.0 Å². The van der Waals surface area contributed by atoms with Crippen LogP contribution in [0.2, 0.25) is 0 Å². The molecule has 0 radical (unpaired) electrons. The molecule has 0 saturated carbocycles. The Morgan fingerprint density at radius 3 is 2.11 bits per heavy atom. The van der Waals surface area contributed by atoms with Crippen LogP contribution in [0.4, 0.5) is 5.69 Å². The smallest absolute Gasteiger partial charge is 0.173 e. The molecule has 4 heteroatoms. The van der Waals surface area contributed by atoms with Gasteiger partial charge in [0.2, 0.25) is 0 Å². The Hall–Kier alpha value is -2.85. The third-order valence-corrected chi connectivity index (χ3v) is 4.98. The number of hydrogen-bond donors (Lipinski definition) is 1. The highest BCUT2D eigenvalue weighted by Crippen LogP contribution is 2.27. The van der Waals surface area contributed by atoms with Gasteiger partial charge < -0.3 is 15.0 Å². The Morgan fingerprint density at radius 2 is 1.52 bits per heavy atom. The number of nitrogens with one attached hydrogen (secondary N) is 1. The van der Waals surface area contributed by atoms with Crippen LogP contribution < -0.4 is 10.1 Å². The van der Waals surface area contributed by atoms with Crippen LogP contribution in [0.3, 0.4) is 0 Å². The van der Waals surface area contributed by atoms with E-state index in [1.807, 2.05) is 55.6 Å². The number of nitrogens with zero attached hydrogens (tertiary/aromatic N) is 1. The van der Waals surface area contributed by atoms with Gasteiger partial charge in [-0.3, -0.25) is 0 Å². The first-order valence-electron chi connectivity index (χ1n) is 8.94. The fraction of sp³-hybridized carbons (Fsp3) is 0.174. The van der Waals surface area contributed by atoms with Gasteiger partial charge in [-0.1, -0.05) is 60.7 Å². The molecule has 3 nitrogen and oxygen atoms in total. The number of ether oxygens (including phenoxy) is 1. The average Bonchev–Trinajstić information content (AvgIpc) is 2.73. The monoisotopic (exact) mass is 376 g/mol. The van der Waals surface area contributed by atoms with Crippen molar-refractivity contribution in [3.8, 4) is 5.75 Å².